The highest BCUT2D eigenvalue weighted by molar-refractivity contribution is 5.46. The molecule has 1 aliphatic heterocycles. The van der Waals surface area contributed by atoms with Crippen molar-refractivity contribution in [3.8, 4) is 0 Å². The SMILES string of the molecule is Nc1ccc(F)cc1CN1CC2CCC1C2. The lowest BCUT2D eigenvalue weighted by atomic mass is 10.1. The summed E-state index contributed by atoms with van der Waals surface area (Å²) in [4.78, 5) is 2.46. The quantitative estimate of drug-likeness (QED) is 0.775. The van der Waals surface area contributed by atoms with Crippen LogP contribution in [0.5, 0.6) is 0 Å². The number of benzene rings is 1. The fraction of sp³-hybridized carbons (Fsp3) is 0.538. The van der Waals surface area contributed by atoms with Crippen molar-refractivity contribution in [2.75, 3.05) is 12.3 Å². The Morgan fingerprint density at radius 1 is 1.38 bits per heavy atom. The van der Waals surface area contributed by atoms with E-state index in [9.17, 15) is 4.39 Å². The van der Waals surface area contributed by atoms with Gasteiger partial charge in [-0.25, -0.2) is 4.39 Å². The second-order valence-electron chi connectivity index (χ2n) is 5.11. The molecule has 1 aromatic rings. The predicted molar refractivity (Wildman–Crippen MR) is 62.4 cm³/mol. The number of anilines is 1. The van der Waals surface area contributed by atoms with Crippen LogP contribution in [-0.2, 0) is 6.54 Å². The first-order valence-corrected chi connectivity index (χ1v) is 6.00. The molecule has 1 aliphatic carbocycles. The minimum Gasteiger partial charge on any atom is -0.398 e. The van der Waals surface area contributed by atoms with Crippen LogP contribution in [0.2, 0.25) is 0 Å². The van der Waals surface area contributed by atoms with Crippen molar-refractivity contribution in [1.29, 1.82) is 0 Å². The Labute approximate surface area is 95.2 Å². The van der Waals surface area contributed by atoms with Gasteiger partial charge in [-0.3, -0.25) is 4.90 Å². The second-order valence-corrected chi connectivity index (χ2v) is 5.11. The number of piperidine rings is 1. The van der Waals surface area contributed by atoms with E-state index < -0.39 is 0 Å². The number of nitrogens with two attached hydrogens (primary N) is 1. The summed E-state index contributed by atoms with van der Waals surface area (Å²) >= 11 is 0. The van der Waals surface area contributed by atoms with E-state index in [0.29, 0.717) is 11.7 Å². The number of fused-ring (bicyclic) bond motifs is 2. The maximum absolute atomic E-state index is 13.1. The summed E-state index contributed by atoms with van der Waals surface area (Å²) < 4.78 is 13.1. The minimum absolute atomic E-state index is 0.187. The monoisotopic (exact) mass is 220 g/mol. The smallest absolute Gasteiger partial charge is 0.123 e. The Morgan fingerprint density at radius 2 is 2.25 bits per heavy atom. The molecule has 0 radical (unpaired) electrons. The first-order valence-electron chi connectivity index (χ1n) is 6.00. The molecule has 3 heteroatoms. The zero-order chi connectivity index (χ0) is 11.1. The highest BCUT2D eigenvalue weighted by Crippen LogP contribution is 2.38. The van der Waals surface area contributed by atoms with Crippen LogP contribution < -0.4 is 5.73 Å². The van der Waals surface area contributed by atoms with Crippen molar-refractivity contribution in [2.24, 2.45) is 5.92 Å². The summed E-state index contributed by atoms with van der Waals surface area (Å²) in [6.07, 6.45) is 4.01. The topological polar surface area (TPSA) is 29.3 Å². The van der Waals surface area contributed by atoms with Crippen LogP contribution in [0.4, 0.5) is 10.1 Å². The fourth-order valence-corrected chi connectivity index (χ4v) is 3.15. The molecule has 0 amide bonds. The van der Waals surface area contributed by atoms with Gasteiger partial charge in [-0.2, -0.15) is 0 Å². The highest BCUT2D eigenvalue weighted by Gasteiger charge is 2.37. The van der Waals surface area contributed by atoms with Crippen LogP contribution in [0.3, 0.4) is 0 Å². The van der Waals surface area contributed by atoms with Crippen LogP contribution in [-0.4, -0.2) is 17.5 Å². The van der Waals surface area contributed by atoms with Crippen LogP contribution in [0.25, 0.3) is 0 Å². The van der Waals surface area contributed by atoms with Gasteiger partial charge in [0.1, 0.15) is 5.82 Å². The summed E-state index contributed by atoms with van der Waals surface area (Å²) in [7, 11) is 0. The second kappa shape index (κ2) is 3.74. The number of nitrogen functional groups attached to an aromatic ring is 1. The van der Waals surface area contributed by atoms with Crippen LogP contribution in [0.1, 0.15) is 24.8 Å². The first-order chi connectivity index (χ1) is 7.72. The molecule has 2 unspecified atom stereocenters. The molecule has 1 saturated heterocycles. The van der Waals surface area contributed by atoms with E-state index in [-0.39, 0.29) is 5.82 Å². The fourth-order valence-electron chi connectivity index (χ4n) is 3.15. The first kappa shape index (κ1) is 10.1. The molecule has 16 heavy (non-hydrogen) atoms. The molecule has 0 aromatic heterocycles. The molecule has 1 saturated carbocycles. The van der Waals surface area contributed by atoms with Gasteiger partial charge in [-0.15, -0.1) is 0 Å². The van der Waals surface area contributed by atoms with Crippen LogP contribution in [0.15, 0.2) is 18.2 Å². The molecular formula is C13H17FN2. The van der Waals surface area contributed by atoms with Crippen LogP contribution in [0, 0.1) is 11.7 Å². The zero-order valence-electron chi connectivity index (χ0n) is 9.32. The molecule has 1 heterocycles. The Hall–Kier alpha value is -1.09. The lowest BCUT2D eigenvalue weighted by molar-refractivity contribution is 0.205. The molecule has 2 bridgehead atoms. The molecular weight excluding hydrogens is 203 g/mol. The largest absolute Gasteiger partial charge is 0.398 e. The molecule has 2 aliphatic rings. The molecule has 2 nitrogen and oxygen atoms in total. The van der Waals surface area contributed by atoms with E-state index in [1.54, 1.807) is 12.1 Å². The molecule has 1 aromatic carbocycles. The Kier molecular flexibility index (Phi) is 2.36. The van der Waals surface area contributed by atoms with E-state index in [4.69, 9.17) is 5.73 Å². The summed E-state index contributed by atoms with van der Waals surface area (Å²) in [5, 5.41) is 0. The van der Waals surface area contributed by atoms with Gasteiger partial charge in [0.05, 0.1) is 0 Å². The summed E-state index contributed by atoms with van der Waals surface area (Å²) in [6, 6.07) is 5.38. The van der Waals surface area contributed by atoms with Gasteiger partial charge in [0.15, 0.2) is 0 Å². The Balaban J connectivity index is 1.76. The van der Waals surface area contributed by atoms with Gasteiger partial charge in [-0.1, -0.05) is 0 Å². The third-order valence-electron chi connectivity index (χ3n) is 4.00. The third-order valence-corrected chi connectivity index (χ3v) is 4.00. The van der Waals surface area contributed by atoms with Gasteiger partial charge in [-0.05, 0) is 48.9 Å². The molecule has 86 valence electrons. The number of nitrogens with zero attached hydrogens (tertiary/aromatic N) is 1. The van der Waals surface area contributed by atoms with Gasteiger partial charge in [0.2, 0.25) is 0 Å². The maximum atomic E-state index is 13.1. The average Bonchev–Trinajstić information content (AvgIpc) is 2.85. The van der Waals surface area contributed by atoms with Crippen molar-refractivity contribution in [2.45, 2.75) is 31.8 Å². The highest BCUT2D eigenvalue weighted by atomic mass is 19.1. The van der Waals surface area contributed by atoms with Gasteiger partial charge >= 0.3 is 0 Å². The number of likely N-dealkylation sites (tertiary alicyclic amines) is 1. The molecule has 2 fully saturated rings. The minimum atomic E-state index is -0.187. The zero-order valence-corrected chi connectivity index (χ0v) is 9.32. The standard InChI is InChI=1S/C13H17FN2/c14-11-2-4-13(15)10(6-11)8-16-7-9-1-3-12(16)5-9/h2,4,6,9,12H,1,3,5,7-8,15H2. The van der Waals surface area contributed by atoms with Crippen molar-refractivity contribution >= 4 is 5.69 Å². The third kappa shape index (κ3) is 1.69. The molecule has 2 atom stereocenters. The van der Waals surface area contributed by atoms with Crippen molar-refractivity contribution in [1.82, 2.24) is 4.90 Å². The normalized spacial score (nSPS) is 28.8. The van der Waals surface area contributed by atoms with E-state index in [0.717, 1.165) is 18.0 Å². The van der Waals surface area contributed by atoms with Crippen LogP contribution >= 0.6 is 0 Å². The predicted octanol–water partition coefficient (Wildman–Crippen LogP) is 2.39. The molecule has 3 rings (SSSR count). The summed E-state index contributed by atoms with van der Waals surface area (Å²) in [5.74, 6) is 0.688. The maximum Gasteiger partial charge on any atom is 0.123 e. The van der Waals surface area contributed by atoms with E-state index >= 15 is 0 Å². The van der Waals surface area contributed by atoms with E-state index in [1.165, 1.54) is 31.9 Å². The number of halogens is 1. The lowest BCUT2D eigenvalue weighted by Crippen LogP contribution is -2.31. The summed E-state index contributed by atoms with van der Waals surface area (Å²) in [5.41, 5.74) is 7.52. The summed E-state index contributed by atoms with van der Waals surface area (Å²) in [6.45, 7) is 1.98. The van der Waals surface area contributed by atoms with Gasteiger partial charge < -0.3 is 5.73 Å². The van der Waals surface area contributed by atoms with Crippen molar-refractivity contribution < 1.29 is 4.39 Å². The number of hydrogen-bond donors (Lipinski definition) is 1. The van der Waals surface area contributed by atoms with Crippen molar-refractivity contribution in [3.05, 3.63) is 29.6 Å². The van der Waals surface area contributed by atoms with E-state index in [1.807, 2.05) is 0 Å². The van der Waals surface area contributed by atoms with Gasteiger partial charge in [0, 0.05) is 24.8 Å². The number of rotatable bonds is 2. The average molecular weight is 220 g/mol. The Bertz CT molecular complexity index is 405. The van der Waals surface area contributed by atoms with E-state index in [2.05, 4.69) is 4.90 Å². The van der Waals surface area contributed by atoms with Gasteiger partial charge in [0.25, 0.3) is 0 Å². The lowest BCUT2D eigenvalue weighted by Gasteiger charge is -2.27. The molecule has 0 spiro atoms. The molecule has 2 N–H and O–H groups in total. The number of hydrogen-bond acceptors (Lipinski definition) is 2. The Morgan fingerprint density at radius 3 is 2.94 bits per heavy atom. The van der Waals surface area contributed by atoms with Crippen molar-refractivity contribution in [3.63, 3.8) is 0 Å².